The summed E-state index contributed by atoms with van der Waals surface area (Å²) in [6, 6.07) is 8.79. The van der Waals surface area contributed by atoms with Gasteiger partial charge < -0.3 is 4.74 Å². The molecule has 0 aromatic heterocycles. The van der Waals surface area contributed by atoms with Gasteiger partial charge in [0, 0.05) is 12.0 Å². The van der Waals surface area contributed by atoms with Gasteiger partial charge in [-0.2, -0.15) is 0 Å². The molecule has 1 fully saturated rings. The third kappa shape index (κ3) is 2.99. The monoisotopic (exact) mass is 274 g/mol. The Morgan fingerprint density at radius 1 is 1.05 bits per heavy atom. The molecule has 1 aromatic carbocycles. The summed E-state index contributed by atoms with van der Waals surface area (Å²) >= 11 is 0. The van der Waals surface area contributed by atoms with E-state index < -0.39 is 0 Å². The largest absolute Gasteiger partial charge is 0.493 e. The summed E-state index contributed by atoms with van der Waals surface area (Å²) in [5, 5.41) is 0. The van der Waals surface area contributed by atoms with Crippen LogP contribution in [-0.4, -0.2) is 12.6 Å². The average molecular weight is 274 g/mol. The van der Waals surface area contributed by atoms with Crippen molar-refractivity contribution in [3.05, 3.63) is 29.8 Å². The summed E-state index contributed by atoms with van der Waals surface area (Å²) < 4.78 is 5.95. The van der Waals surface area contributed by atoms with E-state index in [1.807, 2.05) is 6.07 Å². The van der Waals surface area contributed by atoms with E-state index in [9.17, 15) is 0 Å². The van der Waals surface area contributed by atoms with Crippen LogP contribution < -0.4 is 16.0 Å². The van der Waals surface area contributed by atoms with Gasteiger partial charge in [-0.1, -0.05) is 43.9 Å². The molecule has 2 unspecified atom stereocenters. The molecule has 3 N–H and O–H groups in total. The van der Waals surface area contributed by atoms with Crippen LogP contribution in [0, 0.1) is 11.8 Å². The number of ether oxygens (including phenoxy) is 1. The Morgan fingerprint density at radius 2 is 1.80 bits per heavy atom. The molecule has 3 rings (SSSR count). The van der Waals surface area contributed by atoms with Crippen LogP contribution >= 0.6 is 0 Å². The van der Waals surface area contributed by atoms with Gasteiger partial charge in [0.2, 0.25) is 0 Å². The lowest BCUT2D eigenvalue weighted by atomic mass is 9.80. The Hall–Kier alpha value is -1.06. The van der Waals surface area contributed by atoms with Crippen molar-refractivity contribution < 1.29 is 4.74 Å². The molecular weight excluding hydrogens is 248 g/mol. The number of para-hydroxylation sites is 1. The third-order valence-corrected chi connectivity index (χ3v) is 5.02. The van der Waals surface area contributed by atoms with Gasteiger partial charge in [0.15, 0.2) is 0 Å². The van der Waals surface area contributed by atoms with Crippen molar-refractivity contribution in [3.63, 3.8) is 0 Å². The number of nitrogens with two attached hydrogens (primary N) is 1. The van der Waals surface area contributed by atoms with E-state index in [1.165, 1.54) is 44.1 Å². The lowest BCUT2D eigenvalue weighted by Crippen LogP contribution is -2.49. The van der Waals surface area contributed by atoms with Gasteiger partial charge in [0.05, 0.1) is 6.61 Å². The number of fused-ring (bicyclic) bond motifs is 1. The summed E-state index contributed by atoms with van der Waals surface area (Å²) in [4.78, 5) is 0. The summed E-state index contributed by atoms with van der Waals surface area (Å²) in [7, 11) is 0. The van der Waals surface area contributed by atoms with Gasteiger partial charge in [-0.25, -0.2) is 0 Å². The molecule has 20 heavy (non-hydrogen) atoms. The normalized spacial score (nSPS) is 25.4. The number of hydrogen-bond donors (Lipinski definition) is 2. The summed E-state index contributed by atoms with van der Waals surface area (Å²) in [6.07, 6.45) is 9.19. The first-order chi connectivity index (χ1) is 9.88. The Balaban J connectivity index is 1.70. The molecule has 0 bridgehead atoms. The first-order valence-corrected chi connectivity index (χ1v) is 8.05. The highest BCUT2D eigenvalue weighted by Gasteiger charge is 2.32. The summed E-state index contributed by atoms with van der Waals surface area (Å²) in [6.45, 7) is 0.794. The van der Waals surface area contributed by atoms with Gasteiger partial charge in [-0.3, -0.25) is 11.3 Å². The minimum atomic E-state index is 0.390. The summed E-state index contributed by atoms with van der Waals surface area (Å²) in [5.74, 6) is 8.16. The predicted octanol–water partition coefficient (Wildman–Crippen LogP) is 3.04. The fourth-order valence-corrected chi connectivity index (χ4v) is 3.91. The first kappa shape index (κ1) is 13.9. The van der Waals surface area contributed by atoms with Crippen LogP contribution in [0.5, 0.6) is 5.75 Å². The molecule has 2 aliphatic rings. The number of benzene rings is 1. The highest BCUT2D eigenvalue weighted by molar-refractivity contribution is 5.35. The van der Waals surface area contributed by atoms with Crippen LogP contribution in [0.2, 0.25) is 0 Å². The third-order valence-electron chi connectivity index (χ3n) is 5.02. The first-order valence-electron chi connectivity index (χ1n) is 8.05. The van der Waals surface area contributed by atoms with Gasteiger partial charge in [0.25, 0.3) is 0 Å². The lowest BCUT2D eigenvalue weighted by Gasteiger charge is -2.35. The van der Waals surface area contributed by atoms with Crippen molar-refractivity contribution >= 4 is 0 Å². The van der Waals surface area contributed by atoms with Crippen molar-refractivity contribution in [1.82, 2.24) is 5.43 Å². The minimum absolute atomic E-state index is 0.390. The fraction of sp³-hybridized carbons (Fsp3) is 0.647. The van der Waals surface area contributed by atoms with Crippen molar-refractivity contribution in [2.75, 3.05) is 6.61 Å². The molecular formula is C17H26N2O. The van der Waals surface area contributed by atoms with Crippen molar-refractivity contribution in [2.45, 2.75) is 51.0 Å². The van der Waals surface area contributed by atoms with E-state index in [0.29, 0.717) is 17.9 Å². The molecule has 0 saturated heterocycles. The standard InChI is InChI=1S/C17H26N2O/c18-19-17(13-7-3-1-2-4-8-13)15-11-14-9-5-6-10-16(14)20-12-15/h5-6,9-10,13,15,17,19H,1-4,7-8,11-12,18H2. The number of hydrogen-bond acceptors (Lipinski definition) is 3. The van der Waals surface area contributed by atoms with Gasteiger partial charge >= 0.3 is 0 Å². The van der Waals surface area contributed by atoms with Gasteiger partial charge in [-0.15, -0.1) is 0 Å². The van der Waals surface area contributed by atoms with Crippen LogP contribution in [0.1, 0.15) is 44.1 Å². The predicted molar refractivity (Wildman–Crippen MR) is 81.4 cm³/mol. The quantitative estimate of drug-likeness (QED) is 0.506. The SMILES string of the molecule is NNC(C1CCCCCC1)C1COc2ccccc2C1. The zero-order valence-electron chi connectivity index (χ0n) is 12.2. The molecule has 110 valence electrons. The van der Waals surface area contributed by atoms with E-state index >= 15 is 0 Å². The van der Waals surface area contributed by atoms with E-state index in [4.69, 9.17) is 10.6 Å². The number of rotatable bonds is 3. The van der Waals surface area contributed by atoms with Crippen molar-refractivity contribution in [2.24, 2.45) is 17.7 Å². The summed E-state index contributed by atoms with van der Waals surface area (Å²) in [5.41, 5.74) is 4.45. The number of hydrazine groups is 1. The number of nitrogens with one attached hydrogen (secondary N) is 1. The second-order valence-corrected chi connectivity index (χ2v) is 6.33. The molecule has 1 aliphatic heterocycles. The molecule has 3 nitrogen and oxygen atoms in total. The Bertz CT molecular complexity index is 427. The zero-order valence-corrected chi connectivity index (χ0v) is 12.2. The highest BCUT2D eigenvalue weighted by Crippen LogP contribution is 2.34. The molecule has 0 spiro atoms. The Labute approximate surface area is 121 Å². The van der Waals surface area contributed by atoms with E-state index in [0.717, 1.165) is 18.8 Å². The highest BCUT2D eigenvalue weighted by atomic mass is 16.5. The zero-order chi connectivity index (χ0) is 13.8. The van der Waals surface area contributed by atoms with Crippen LogP contribution in [-0.2, 0) is 6.42 Å². The molecule has 1 heterocycles. The van der Waals surface area contributed by atoms with Gasteiger partial charge in [-0.05, 0) is 36.8 Å². The van der Waals surface area contributed by atoms with Crippen LogP contribution in [0.15, 0.2) is 24.3 Å². The van der Waals surface area contributed by atoms with Crippen LogP contribution in [0.25, 0.3) is 0 Å². The van der Waals surface area contributed by atoms with Crippen LogP contribution in [0.4, 0.5) is 0 Å². The fourth-order valence-electron chi connectivity index (χ4n) is 3.91. The van der Waals surface area contributed by atoms with Crippen molar-refractivity contribution in [1.29, 1.82) is 0 Å². The molecule has 3 heteroatoms. The Morgan fingerprint density at radius 3 is 2.55 bits per heavy atom. The molecule has 2 atom stereocenters. The maximum absolute atomic E-state index is 5.95. The van der Waals surface area contributed by atoms with Crippen molar-refractivity contribution in [3.8, 4) is 5.75 Å². The molecule has 1 saturated carbocycles. The average Bonchev–Trinajstić information content (AvgIpc) is 2.77. The topological polar surface area (TPSA) is 47.3 Å². The second-order valence-electron chi connectivity index (χ2n) is 6.33. The van der Waals surface area contributed by atoms with E-state index in [1.54, 1.807) is 0 Å². The van der Waals surface area contributed by atoms with E-state index in [2.05, 4.69) is 23.6 Å². The minimum Gasteiger partial charge on any atom is -0.493 e. The van der Waals surface area contributed by atoms with E-state index in [-0.39, 0.29) is 0 Å². The molecule has 0 radical (unpaired) electrons. The molecule has 1 aromatic rings. The smallest absolute Gasteiger partial charge is 0.122 e. The lowest BCUT2D eigenvalue weighted by molar-refractivity contribution is 0.145. The Kier molecular flexibility index (Phi) is 4.58. The molecule has 0 amide bonds. The second kappa shape index (κ2) is 6.59. The molecule has 1 aliphatic carbocycles. The van der Waals surface area contributed by atoms with Crippen LogP contribution in [0.3, 0.4) is 0 Å². The maximum Gasteiger partial charge on any atom is 0.122 e. The van der Waals surface area contributed by atoms with Gasteiger partial charge in [0.1, 0.15) is 5.75 Å². The maximum atomic E-state index is 5.95.